The first-order valence-corrected chi connectivity index (χ1v) is 28.7. The first-order chi connectivity index (χ1) is 13.1. The molecule has 0 aliphatic heterocycles. The molecule has 0 aromatic rings. The zero-order chi connectivity index (χ0) is 23.8. The van der Waals surface area contributed by atoms with Crippen LogP contribution in [-0.4, -0.2) is 40.4 Å². The molecule has 0 atom stereocenters. The molecule has 2 rings (SSSR count). The molecule has 2 aliphatic carbocycles. The summed E-state index contributed by atoms with van der Waals surface area (Å²) < 4.78 is 0. The van der Waals surface area contributed by atoms with Crippen molar-refractivity contribution in [3.63, 3.8) is 0 Å². The van der Waals surface area contributed by atoms with Crippen molar-refractivity contribution in [1.29, 1.82) is 0 Å². The van der Waals surface area contributed by atoms with E-state index < -0.39 is 40.4 Å². The van der Waals surface area contributed by atoms with Gasteiger partial charge in [-0.2, -0.15) is 0 Å². The largest absolute Gasteiger partial charge is 3.00 e. The molecule has 2 aliphatic rings. The van der Waals surface area contributed by atoms with E-state index in [1.165, 1.54) is 0 Å². The number of rotatable bonds is 6. The van der Waals surface area contributed by atoms with Crippen LogP contribution in [0.25, 0.3) is 0 Å². The molecule has 0 aromatic carbocycles. The first-order valence-electron chi connectivity index (χ1n) is 11.6. The summed E-state index contributed by atoms with van der Waals surface area (Å²) in [7, 11) is -5.61. The molecule has 31 heavy (non-hydrogen) atoms. The molecule has 2 fully saturated rings. The molecule has 0 aromatic heterocycles. The van der Waals surface area contributed by atoms with E-state index in [-0.39, 0.29) is 32.7 Å². The van der Waals surface area contributed by atoms with Gasteiger partial charge in [-0.3, -0.25) is 0 Å². The second kappa shape index (κ2) is 11.9. The standard InChI is InChI=1S/C18H30Si3.C7H19Si2.Y/c1-19(2,3)15-9-11-17(13-15)21(7,8)18-12-10-16(14-18)20(4,5)6;1-8(2,3)7-9(4,5)6;/h9-14H,1-8H3;7H,1-6H3;/q;-1;+3. The summed E-state index contributed by atoms with van der Waals surface area (Å²) >= 11 is 0. The summed E-state index contributed by atoms with van der Waals surface area (Å²) in [6.45, 7) is 34.1. The van der Waals surface area contributed by atoms with E-state index in [9.17, 15) is 0 Å². The Hall–Kier alpha value is 2.19. The Morgan fingerprint density at radius 1 is 0.452 bits per heavy atom. The van der Waals surface area contributed by atoms with Gasteiger partial charge in [0.1, 0.15) is 0 Å². The zero-order valence-corrected chi connectivity index (χ0v) is 31.0. The minimum atomic E-state index is -1.53. The molecular formula is C25H49Si5Y+2. The van der Waals surface area contributed by atoms with Gasteiger partial charge >= 0.3 is 32.7 Å². The van der Waals surface area contributed by atoms with Crippen molar-refractivity contribution in [2.45, 2.75) is 91.7 Å². The van der Waals surface area contributed by atoms with E-state index in [0.29, 0.717) is 0 Å². The predicted octanol–water partition coefficient (Wildman–Crippen LogP) is 8.02. The monoisotopic (exact) mass is 578 g/mol. The Balaban J connectivity index is 0.000000769. The summed E-state index contributed by atoms with van der Waals surface area (Å²) in [5, 5.41) is 0. The van der Waals surface area contributed by atoms with Crippen LogP contribution in [0, 0.1) is 66.4 Å². The fourth-order valence-electron chi connectivity index (χ4n) is 4.06. The Kier molecular flexibility index (Phi) is 12.8. The van der Waals surface area contributed by atoms with Gasteiger partial charge in [-0.05, 0) is 60.7 Å². The van der Waals surface area contributed by atoms with Crippen LogP contribution in [0.4, 0.5) is 0 Å². The van der Waals surface area contributed by atoms with Gasteiger partial charge in [0, 0.05) is 0 Å². The topological polar surface area (TPSA) is 0 Å². The maximum atomic E-state index is 2.65. The SMILES string of the molecule is C[Si](C)(C)[CH-][Si](C)(C)C.C[Si](C)(C)[C]1[CH][CH][C]([Si](C)(C)[C]2[CH][CH][C]([Si](C)(C)C)[CH]2)[CH]1.[Y+3]. The van der Waals surface area contributed by atoms with Gasteiger partial charge in [-0.1, -0.05) is 91.7 Å². The van der Waals surface area contributed by atoms with Crippen LogP contribution in [0.15, 0.2) is 0 Å². The van der Waals surface area contributed by atoms with Crippen molar-refractivity contribution in [3.05, 3.63) is 66.4 Å². The first kappa shape index (κ1) is 33.2. The van der Waals surface area contributed by atoms with E-state index in [1.54, 1.807) is 22.2 Å². The molecule has 0 nitrogen and oxygen atoms in total. The van der Waals surface area contributed by atoms with Crippen LogP contribution >= 0.6 is 0 Å². The number of hydrogen-bond donors (Lipinski definition) is 0. The van der Waals surface area contributed by atoms with Gasteiger partial charge in [0.05, 0.1) is 24.2 Å². The van der Waals surface area contributed by atoms with Gasteiger partial charge in [-0.25, -0.2) is 0 Å². The molecule has 0 N–H and O–H groups in total. The molecule has 0 bridgehead atoms. The molecule has 10 radical (unpaired) electrons. The minimum Gasteiger partial charge on any atom is -0.327 e. The normalized spacial score (nSPS) is 21.1. The summed E-state index contributed by atoms with van der Waals surface area (Å²) in [5.74, 6) is 0. The summed E-state index contributed by atoms with van der Waals surface area (Å²) in [6, 6.07) is 0. The third kappa shape index (κ3) is 11.6. The fraction of sp³-hybridized carbons (Fsp3) is 0.560. The van der Waals surface area contributed by atoms with Gasteiger partial charge in [-0.15, -0.1) is 16.1 Å². The van der Waals surface area contributed by atoms with Crippen LogP contribution in [-0.2, 0) is 32.7 Å². The average Bonchev–Trinajstić information content (AvgIpc) is 3.13. The quantitative estimate of drug-likeness (QED) is 0.221. The van der Waals surface area contributed by atoms with Gasteiger partial charge < -0.3 is 5.67 Å². The molecule has 0 spiro atoms. The van der Waals surface area contributed by atoms with Crippen LogP contribution in [0.3, 0.4) is 0 Å². The Morgan fingerprint density at radius 3 is 0.871 bits per heavy atom. The Labute approximate surface area is 229 Å². The van der Waals surface area contributed by atoms with E-state index in [1.807, 2.05) is 0 Å². The fourth-order valence-corrected chi connectivity index (χ4v) is 19.5. The second-order valence-electron chi connectivity index (χ2n) is 13.8. The van der Waals surface area contributed by atoms with E-state index in [0.717, 1.165) is 0 Å². The molecule has 6 heteroatoms. The minimum absolute atomic E-state index is 0. The van der Waals surface area contributed by atoms with Crippen molar-refractivity contribution >= 4 is 40.4 Å². The van der Waals surface area contributed by atoms with Crippen molar-refractivity contribution in [3.8, 4) is 0 Å². The number of hydrogen-bond acceptors (Lipinski definition) is 0. The maximum Gasteiger partial charge on any atom is 3.00 e. The van der Waals surface area contributed by atoms with Crippen molar-refractivity contribution in [2.24, 2.45) is 0 Å². The Bertz CT molecular complexity index is 488. The van der Waals surface area contributed by atoms with Crippen molar-refractivity contribution < 1.29 is 32.7 Å². The van der Waals surface area contributed by atoms with Gasteiger partial charge in [0.25, 0.3) is 0 Å². The van der Waals surface area contributed by atoms with Gasteiger partial charge in [0.15, 0.2) is 0 Å². The van der Waals surface area contributed by atoms with Crippen molar-refractivity contribution in [2.75, 3.05) is 0 Å². The third-order valence-corrected chi connectivity index (χ3v) is 20.1. The van der Waals surface area contributed by atoms with E-state index in [4.69, 9.17) is 0 Å². The summed E-state index contributed by atoms with van der Waals surface area (Å²) in [4.78, 5) is 0. The molecule has 0 amide bonds. The van der Waals surface area contributed by atoms with Crippen LogP contribution in [0.1, 0.15) is 0 Å². The third-order valence-electron chi connectivity index (χ3n) is 5.55. The summed E-state index contributed by atoms with van der Waals surface area (Å²) in [6.07, 6.45) is 14.6. The van der Waals surface area contributed by atoms with Crippen LogP contribution in [0.2, 0.25) is 91.7 Å². The predicted molar refractivity (Wildman–Crippen MR) is 154 cm³/mol. The molecule has 0 heterocycles. The molecule has 2 saturated carbocycles. The van der Waals surface area contributed by atoms with Crippen LogP contribution in [0.5, 0.6) is 0 Å². The molecular weight excluding hydrogens is 530 g/mol. The van der Waals surface area contributed by atoms with Crippen molar-refractivity contribution in [1.82, 2.24) is 0 Å². The molecule has 0 saturated heterocycles. The van der Waals surface area contributed by atoms with E-state index >= 15 is 0 Å². The summed E-state index contributed by atoms with van der Waals surface area (Å²) in [5.41, 5.74) is 9.07. The smallest absolute Gasteiger partial charge is 0.327 e. The maximum absolute atomic E-state index is 2.65. The van der Waals surface area contributed by atoms with Gasteiger partial charge in [0.2, 0.25) is 0 Å². The second-order valence-corrected chi connectivity index (χ2v) is 39.0. The van der Waals surface area contributed by atoms with Crippen LogP contribution < -0.4 is 0 Å². The zero-order valence-electron chi connectivity index (χ0n) is 23.1. The Morgan fingerprint density at radius 2 is 0.710 bits per heavy atom. The van der Waals surface area contributed by atoms with E-state index in [2.05, 4.69) is 136 Å². The average molecular weight is 579 g/mol. The molecule has 0 unspecified atom stereocenters. The molecule has 170 valence electrons.